The maximum absolute atomic E-state index is 5.25. The molecule has 0 saturated heterocycles. The lowest BCUT2D eigenvalue weighted by molar-refractivity contribution is -0.277. The Kier molecular flexibility index (Phi) is 3.35. The van der Waals surface area contributed by atoms with Crippen molar-refractivity contribution in [3.05, 3.63) is 23.8 Å². The predicted molar refractivity (Wildman–Crippen MR) is 41.1 cm³/mol. The minimum absolute atomic E-state index is 0.295. The minimum Gasteiger partial charge on any atom is -0.386 e. The highest BCUT2D eigenvalue weighted by atomic mass is 15.1. The smallest absolute Gasteiger partial charge is 0.115 e. The van der Waals surface area contributed by atoms with Crippen LogP contribution in [0.15, 0.2) is 23.8 Å². The topological polar surface area (TPSA) is 82.9 Å². The van der Waals surface area contributed by atoms with E-state index in [-0.39, 0.29) is 0 Å². The first-order valence-electron chi connectivity index (χ1n) is 2.97. The molecule has 0 saturated carbocycles. The highest BCUT2D eigenvalue weighted by molar-refractivity contribution is 5.16. The van der Waals surface area contributed by atoms with E-state index in [1.54, 1.807) is 12.3 Å². The van der Waals surface area contributed by atoms with Crippen LogP contribution in [0.1, 0.15) is 0 Å². The highest BCUT2D eigenvalue weighted by Crippen LogP contribution is 1.96. The van der Waals surface area contributed by atoms with E-state index in [4.69, 9.17) is 11.5 Å². The van der Waals surface area contributed by atoms with Crippen molar-refractivity contribution in [1.82, 2.24) is 4.90 Å². The van der Waals surface area contributed by atoms with Gasteiger partial charge < -0.3 is 22.1 Å². The first-order chi connectivity index (χ1) is 4.57. The van der Waals surface area contributed by atoms with Crippen LogP contribution in [-0.2, 0) is 0 Å². The number of rotatable bonds is 2. The lowest BCUT2D eigenvalue weighted by Crippen LogP contribution is -2.41. The molecule has 0 aromatic rings. The molecule has 0 aliphatic carbocycles. The summed E-state index contributed by atoms with van der Waals surface area (Å²) in [5.41, 5.74) is 15.0. The summed E-state index contributed by atoms with van der Waals surface area (Å²) in [4.78, 5) is 1.88. The van der Waals surface area contributed by atoms with Gasteiger partial charge in [0.25, 0.3) is 0 Å². The van der Waals surface area contributed by atoms with Crippen molar-refractivity contribution in [2.75, 3.05) is 14.1 Å². The predicted octanol–water partition coefficient (Wildman–Crippen LogP) is -1.61. The number of nitrogens with two attached hydrogens (primary N) is 2. The molecule has 7 N–H and O–H groups in total. The van der Waals surface area contributed by atoms with Crippen LogP contribution in [0.5, 0.6) is 0 Å². The van der Waals surface area contributed by atoms with Crippen molar-refractivity contribution in [3.63, 3.8) is 0 Å². The van der Waals surface area contributed by atoms with Crippen molar-refractivity contribution in [3.8, 4) is 0 Å². The Bertz CT molecular complexity index is 153. The van der Waals surface area contributed by atoms with Crippen molar-refractivity contribution < 1.29 is 5.73 Å². The molecule has 0 heterocycles. The molecule has 0 spiro atoms. The SMILES string of the molecule is CN(C)C(C=C(N)N)=C[NH3+]. The summed E-state index contributed by atoms with van der Waals surface area (Å²) in [5, 5.41) is 0. The summed E-state index contributed by atoms with van der Waals surface area (Å²) < 4.78 is 0. The summed E-state index contributed by atoms with van der Waals surface area (Å²) in [5.74, 6) is 0.295. The molecule has 10 heavy (non-hydrogen) atoms. The third-order valence-corrected chi connectivity index (χ3v) is 1.04. The Labute approximate surface area is 61.0 Å². The fourth-order valence-electron chi connectivity index (χ4n) is 0.541. The van der Waals surface area contributed by atoms with Crippen LogP contribution in [0, 0.1) is 0 Å². The lowest BCUT2D eigenvalue weighted by Gasteiger charge is -2.10. The van der Waals surface area contributed by atoms with E-state index in [1.165, 1.54) is 0 Å². The molecule has 0 aliphatic heterocycles. The number of quaternary nitrogens is 1. The zero-order valence-electron chi connectivity index (χ0n) is 6.46. The highest BCUT2D eigenvalue weighted by Gasteiger charge is 1.94. The van der Waals surface area contributed by atoms with Crippen LogP contribution in [-0.4, -0.2) is 19.0 Å². The van der Waals surface area contributed by atoms with Crippen molar-refractivity contribution in [2.24, 2.45) is 11.5 Å². The quantitative estimate of drug-likeness (QED) is 0.407. The van der Waals surface area contributed by atoms with E-state index in [0.29, 0.717) is 5.82 Å². The first kappa shape index (κ1) is 8.84. The molecule has 0 aromatic heterocycles. The molecule has 58 valence electrons. The molecule has 0 bridgehead atoms. The zero-order valence-corrected chi connectivity index (χ0v) is 6.46. The van der Waals surface area contributed by atoms with Gasteiger partial charge in [-0.2, -0.15) is 0 Å². The van der Waals surface area contributed by atoms with Gasteiger partial charge in [0.2, 0.25) is 0 Å². The molecule has 0 aliphatic rings. The molecule has 0 radical (unpaired) electrons. The maximum atomic E-state index is 5.25. The van der Waals surface area contributed by atoms with Gasteiger partial charge in [-0.1, -0.05) is 0 Å². The molecule has 4 nitrogen and oxygen atoms in total. The minimum atomic E-state index is 0.295. The van der Waals surface area contributed by atoms with E-state index in [9.17, 15) is 0 Å². The first-order valence-corrected chi connectivity index (χ1v) is 2.97. The molecule has 0 amide bonds. The molecule has 0 rings (SSSR count). The fourth-order valence-corrected chi connectivity index (χ4v) is 0.541. The summed E-state index contributed by atoms with van der Waals surface area (Å²) in [6.07, 6.45) is 3.35. The number of likely N-dealkylation sites (N-methyl/N-ethyl adjacent to an activating group) is 1. The van der Waals surface area contributed by atoms with E-state index in [1.807, 2.05) is 19.0 Å². The number of allylic oxidation sites excluding steroid dienone is 1. The van der Waals surface area contributed by atoms with Gasteiger partial charge in [0.05, 0.1) is 11.5 Å². The maximum Gasteiger partial charge on any atom is 0.115 e. The van der Waals surface area contributed by atoms with E-state index in [2.05, 4.69) is 5.73 Å². The average Bonchev–Trinajstić information content (AvgIpc) is 1.81. The monoisotopic (exact) mass is 143 g/mol. The molecule has 0 unspecified atom stereocenters. The Morgan fingerprint density at radius 2 is 1.90 bits per heavy atom. The summed E-state index contributed by atoms with van der Waals surface area (Å²) in [7, 11) is 3.80. The molecule has 4 heteroatoms. The van der Waals surface area contributed by atoms with Crippen LogP contribution in [0.25, 0.3) is 0 Å². The van der Waals surface area contributed by atoms with Gasteiger partial charge >= 0.3 is 0 Å². The van der Waals surface area contributed by atoms with Crippen LogP contribution >= 0.6 is 0 Å². The Morgan fingerprint density at radius 3 is 2.00 bits per heavy atom. The fraction of sp³-hybridized carbons (Fsp3) is 0.333. The number of hydrogen-bond acceptors (Lipinski definition) is 3. The van der Waals surface area contributed by atoms with Crippen molar-refractivity contribution >= 4 is 0 Å². The summed E-state index contributed by atoms with van der Waals surface area (Å²) in [6, 6.07) is 0. The number of hydrogen-bond donors (Lipinski definition) is 3. The van der Waals surface area contributed by atoms with Gasteiger partial charge in [0.15, 0.2) is 0 Å². The second-order valence-electron chi connectivity index (χ2n) is 2.17. The standard InChI is InChI=1S/C6H14N4/c1-10(2)5(4-7)3-6(8)9/h3-4H,7-9H2,1-2H3/p+1. The molecule has 0 fully saturated rings. The van der Waals surface area contributed by atoms with Crippen LogP contribution in [0.4, 0.5) is 0 Å². The molecular weight excluding hydrogens is 128 g/mol. The van der Waals surface area contributed by atoms with Gasteiger partial charge in [-0.05, 0) is 0 Å². The van der Waals surface area contributed by atoms with Gasteiger partial charge in [-0.3, -0.25) is 0 Å². The molecular formula is C6H15N4+. The van der Waals surface area contributed by atoms with Gasteiger partial charge in [-0.15, -0.1) is 0 Å². The summed E-state index contributed by atoms with van der Waals surface area (Å²) >= 11 is 0. The van der Waals surface area contributed by atoms with E-state index < -0.39 is 0 Å². The molecule has 0 atom stereocenters. The van der Waals surface area contributed by atoms with Crippen LogP contribution < -0.4 is 17.2 Å². The van der Waals surface area contributed by atoms with Crippen molar-refractivity contribution in [1.29, 1.82) is 0 Å². The Morgan fingerprint density at radius 1 is 1.40 bits per heavy atom. The van der Waals surface area contributed by atoms with E-state index >= 15 is 0 Å². The van der Waals surface area contributed by atoms with Gasteiger partial charge in [-0.25, -0.2) is 0 Å². The third kappa shape index (κ3) is 2.99. The van der Waals surface area contributed by atoms with E-state index in [0.717, 1.165) is 5.70 Å². The normalized spacial score (nSPS) is 10.9. The second-order valence-corrected chi connectivity index (χ2v) is 2.17. The third-order valence-electron chi connectivity index (χ3n) is 1.04. The summed E-state index contributed by atoms with van der Waals surface area (Å²) in [6.45, 7) is 0. The Balaban J connectivity index is 4.26. The van der Waals surface area contributed by atoms with Gasteiger partial charge in [0, 0.05) is 20.2 Å². The average molecular weight is 143 g/mol. The van der Waals surface area contributed by atoms with Crippen LogP contribution in [0.3, 0.4) is 0 Å². The zero-order chi connectivity index (χ0) is 8.15. The molecule has 0 aromatic carbocycles. The van der Waals surface area contributed by atoms with Gasteiger partial charge in [0.1, 0.15) is 6.20 Å². The largest absolute Gasteiger partial charge is 0.386 e. The van der Waals surface area contributed by atoms with Crippen LogP contribution in [0.2, 0.25) is 0 Å². The van der Waals surface area contributed by atoms with Crippen molar-refractivity contribution in [2.45, 2.75) is 0 Å². The number of nitrogens with zero attached hydrogens (tertiary/aromatic N) is 1. The second kappa shape index (κ2) is 3.79. The lowest BCUT2D eigenvalue weighted by atomic mass is 10.4. The Hall–Kier alpha value is -1.16.